The van der Waals surface area contributed by atoms with E-state index in [0.29, 0.717) is 17.2 Å². The molecule has 2 aliphatic rings. The van der Waals surface area contributed by atoms with Crippen molar-refractivity contribution in [2.24, 2.45) is 5.92 Å². The molecular weight excluding hydrogens is 300 g/mol. The van der Waals surface area contributed by atoms with Crippen LogP contribution in [-0.4, -0.2) is 5.11 Å². The predicted molar refractivity (Wildman–Crippen MR) is 93.5 cm³/mol. The second-order valence-corrected chi connectivity index (χ2v) is 7.19. The average molecular weight is 324 g/mol. The lowest BCUT2D eigenvalue weighted by Crippen LogP contribution is -2.19. The van der Waals surface area contributed by atoms with Gasteiger partial charge < -0.3 is 9.52 Å². The Morgan fingerprint density at radius 2 is 1.71 bits per heavy atom. The summed E-state index contributed by atoms with van der Waals surface area (Å²) in [6.07, 6.45) is 8.21. The van der Waals surface area contributed by atoms with Gasteiger partial charge in [0.05, 0.1) is 5.56 Å². The van der Waals surface area contributed by atoms with Crippen LogP contribution < -0.4 is 5.63 Å². The van der Waals surface area contributed by atoms with E-state index in [-0.39, 0.29) is 17.3 Å². The van der Waals surface area contributed by atoms with E-state index in [9.17, 15) is 9.90 Å². The molecule has 2 aromatic rings. The fraction of sp³-hybridized carbons (Fsp3) is 0.476. The molecule has 0 unspecified atom stereocenters. The molecule has 1 aromatic heterocycles. The largest absolute Gasteiger partial charge is 0.507 e. The standard InChI is InChI=1S/C21H24O3/c22-20-16-10-6-1-2-7-11-17(16)24-21(23)19(20)18(15-12-13-15)14-8-4-3-5-9-14/h3-5,8-9,15,18,22H,1-2,6-7,10-13H2/t18-/m0/s1. The van der Waals surface area contributed by atoms with E-state index >= 15 is 0 Å². The van der Waals surface area contributed by atoms with Gasteiger partial charge in [0.15, 0.2) is 0 Å². The van der Waals surface area contributed by atoms with Crippen molar-refractivity contribution in [3.8, 4) is 5.75 Å². The summed E-state index contributed by atoms with van der Waals surface area (Å²) < 4.78 is 5.71. The first-order valence-electron chi connectivity index (χ1n) is 9.18. The maximum atomic E-state index is 12.7. The third-order valence-electron chi connectivity index (χ3n) is 5.46. The number of rotatable bonds is 3. The molecule has 1 saturated carbocycles. The normalized spacial score (nSPS) is 19.2. The van der Waals surface area contributed by atoms with Crippen LogP contribution in [0.2, 0.25) is 0 Å². The monoisotopic (exact) mass is 324 g/mol. The Labute approximate surface area is 142 Å². The lowest BCUT2D eigenvalue weighted by atomic mass is 9.85. The molecule has 0 radical (unpaired) electrons. The highest BCUT2D eigenvalue weighted by Gasteiger charge is 2.38. The van der Waals surface area contributed by atoms with Gasteiger partial charge in [0, 0.05) is 17.9 Å². The summed E-state index contributed by atoms with van der Waals surface area (Å²) in [6, 6.07) is 10.1. The van der Waals surface area contributed by atoms with Crippen LogP contribution in [0.5, 0.6) is 5.75 Å². The molecule has 1 atom stereocenters. The van der Waals surface area contributed by atoms with Gasteiger partial charge in [-0.05, 0) is 43.6 Å². The summed E-state index contributed by atoms with van der Waals surface area (Å²) in [5, 5.41) is 11.0. The Kier molecular flexibility index (Phi) is 4.17. The van der Waals surface area contributed by atoms with Gasteiger partial charge >= 0.3 is 5.63 Å². The van der Waals surface area contributed by atoms with E-state index in [2.05, 4.69) is 12.1 Å². The summed E-state index contributed by atoms with van der Waals surface area (Å²) in [7, 11) is 0. The molecule has 0 saturated heterocycles. The number of fused-ring (bicyclic) bond motifs is 1. The van der Waals surface area contributed by atoms with Crippen LogP contribution in [0, 0.1) is 5.92 Å². The van der Waals surface area contributed by atoms with Crippen molar-refractivity contribution in [1.82, 2.24) is 0 Å². The molecule has 126 valence electrons. The molecule has 0 bridgehead atoms. The highest BCUT2D eigenvalue weighted by Crippen LogP contribution is 2.48. The Bertz CT molecular complexity index is 772. The van der Waals surface area contributed by atoms with E-state index in [1.54, 1.807) is 0 Å². The summed E-state index contributed by atoms with van der Waals surface area (Å²) >= 11 is 0. The van der Waals surface area contributed by atoms with Gasteiger partial charge in [-0.15, -0.1) is 0 Å². The Hall–Kier alpha value is -2.03. The van der Waals surface area contributed by atoms with Gasteiger partial charge in [-0.1, -0.05) is 43.2 Å². The van der Waals surface area contributed by atoms with Gasteiger partial charge in [-0.3, -0.25) is 0 Å². The van der Waals surface area contributed by atoms with Crippen LogP contribution in [0.25, 0.3) is 0 Å². The minimum atomic E-state index is -0.340. The molecule has 3 nitrogen and oxygen atoms in total. The zero-order chi connectivity index (χ0) is 16.5. The number of aryl methyl sites for hydroxylation is 1. The summed E-state index contributed by atoms with van der Waals surface area (Å²) in [6.45, 7) is 0. The van der Waals surface area contributed by atoms with Crippen molar-refractivity contribution in [2.45, 2.75) is 57.3 Å². The molecule has 1 aromatic carbocycles. The lowest BCUT2D eigenvalue weighted by Gasteiger charge is -2.21. The van der Waals surface area contributed by atoms with E-state index in [1.165, 1.54) is 12.8 Å². The van der Waals surface area contributed by atoms with Crippen molar-refractivity contribution in [2.75, 3.05) is 0 Å². The van der Waals surface area contributed by atoms with Crippen LogP contribution in [-0.2, 0) is 12.8 Å². The molecule has 1 N–H and O–H groups in total. The second kappa shape index (κ2) is 6.46. The fourth-order valence-corrected chi connectivity index (χ4v) is 4.06. The number of hydrogen-bond donors (Lipinski definition) is 1. The molecule has 4 rings (SSSR count). The molecule has 0 aliphatic heterocycles. The van der Waals surface area contributed by atoms with E-state index in [0.717, 1.165) is 49.7 Å². The van der Waals surface area contributed by atoms with E-state index < -0.39 is 0 Å². The quantitative estimate of drug-likeness (QED) is 0.901. The third kappa shape index (κ3) is 2.88. The first-order chi connectivity index (χ1) is 11.8. The van der Waals surface area contributed by atoms with Crippen LogP contribution >= 0.6 is 0 Å². The fourth-order valence-electron chi connectivity index (χ4n) is 4.06. The van der Waals surface area contributed by atoms with Gasteiger partial charge in [0.1, 0.15) is 11.5 Å². The maximum absolute atomic E-state index is 12.7. The second-order valence-electron chi connectivity index (χ2n) is 7.19. The van der Waals surface area contributed by atoms with Crippen molar-refractivity contribution in [3.05, 3.63) is 63.2 Å². The summed E-state index contributed by atoms with van der Waals surface area (Å²) in [5.41, 5.74) is 2.13. The molecule has 1 heterocycles. The van der Waals surface area contributed by atoms with E-state index in [4.69, 9.17) is 4.42 Å². The topological polar surface area (TPSA) is 50.4 Å². The van der Waals surface area contributed by atoms with Crippen molar-refractivity contribution in [1.29, 1.82) is 0 Å². The third-order valence-corrected chi connectivity index (χ3v) is 5.46. The van der Waals surface area contributed by atoms with Gasteiger partial charge in [-0.25, -0.2) is 4.79 Å². The van der Waals surface area contributed by atoms with Gasteiger partial charge in [0.25, 0.3) is 0 Å². The van der Waals surface area contributed by atoms with Crippen molar-refractivity contribution in [3.63, 3.8) is 0 Å². The van der Waals surface area contributed by atoms with Crippen molar-refractivity contribution < 1.29 is 9.52 Å². The molecule has 3 heteroatoms. The molecule has 1 fully saturated rings. The zero-order valence-electron chi connectivity index (χ0n) is 14.0. The minimum Gasteiger partial charge on any atom is -0.507 e. The Morgan fingerprint density at radius 1 is 1.00 bits per heavy atom. The van der Waals surface area contributed by atoms with Crippen LogP contribution in [0.15, 0.2) is 39.5 Å². The van der Waals surface area contributed by atoms with Gasteiger partial charge in [-0.2, -0.15) is 0 Å². The Morgan fingerprint density at radius 3 is 2.42 bits per heavy atom. The van der Waals surface area contributed by atoms with E-state index in [1.807, 2.05) is 18.2 Å². The van der Waals surface area contributed by atoms with Crippen molar-refractivity contribution >= 4 is 0 Å². The van der Waals surface area contributed by atoms with Crippen LogP contribution in [0.3, 0.4) is 0 Å². The maximum Gasteiger partial charge on any atom is 0.343 e. The summed E-state index contributed by atoms with van der Waals surface area (Å²) in [5.74, 6) is 1.32. The lowest BCUT2D eigenvalue weighted by molar-refractivity contribution is 0.382. The molecule has 0 amide bonds. The molecule has 0 spiro atoms. The predicted octanol–water partition coefficient (Wildman–Crippen LogP) is 4.55. The average Bonchev–Trinajstić information content (AvgIpc) is 3.39. The number of hydrogen-bond acceptors (Lipinski definition) is 3. The molecule has 2 aliphatic carbocycles. The SMILES string of the molecule is O=c1oc2c(c(O)c1[C@@H](c1ccccc1)C1CC1)CCCCCC2. The van der Waals surface area contributed by atoms with Crippen LogP contribution in [0.1, 0.15) is 66.9 Å². The minimum absolute atomic E-state index is 0.0433. The highest BCUT2D eigenvalue weighted by atomic mass is 16.4. The highest BCUT2D eigenvalue weighted by molar-refractivity contribution is 5.47. The zero-order valence-corrected chi connectivity index (χ0v) is 14.0. The molecule has 24 heavy (non-hydrogen) atoms. The smallest absolute Gasteiger partial charge is 0.343 e. The first kappa shape index (κ1) is 15.5. The molecular formula is C21H24O3. The van der Waals surface area contributed by atoms with Crippen LogP contribution in [0.4, 0.5) is 0 Å². The van der Waals surface area contributed by atoms with Gasteiger partial charge in [0.2, 0.25) is 0 Å². The summed E-state index contributed by atoms with van der Waals surface area (Å²) in [4.78, 5) is 12.7. The Balaban J connectivity index is 1.84. The first-order valence-corrected chi connectivity index (χ1v) is 9.18. The number of benzene rings is 1. The number of aromatic hydroxyl groups is 1.